The van der Waals surface area contributed by atoms with Crippen LogP contribution in [0.4, 0.5) is 0 Å². The molecule has 0 atom stereocenters. The summed E-state index contributed by atoms with van der Waals surface area (Å²) in [7, 11) is 0. The van der Waals surface area contributed by atoms with Crippen molar-refractivity contribution in [3.63, 3.8) is 0 Å². The molecule has 0 rings (SSSR count). The van der Waals surface area contributed by atoms with Gasteiger partial charge in [0.05, 0.1) is 0 Å². The summed E-state index contributed by atoms with van der Waals surface area (Å²) in [6.45, 7) is 10.8. The molecule has 0 unspecified atom stereocenters. The number of nitrogens with zero attached hydrogens (tertiary/aromatic N) is 1. The lowest BCUT2D eigenvalue weighted by Gasteiger charge is -1.62. The maximum absolute atomic E-state index is 3.61. The molecule has 0 aromatic carbocycles. The van der Waals surface area contributed by atoms with E-state index in [1.54, 1.807) is 12.3 Å². The standard InChI is InChI=1S/C5H7N.C2H6/c1-3-5-6-4-2;1-2/h3-5H,1-2H2;1-2H3. The van der Waals surface area contributed by atoms with Gasteiger partial charge in [-0.25, -0.2) is 0 Å². The van der Waals surface area contributed by atoms with Crippen LogP contribution in [0.15, 0.2) is 30.4 Å². The van der Waals surface area contributed by atoms with Crippen LogP contribution in [-0.2, 0) is 0 Å². The van der Waals surface area contributed by atoms with Crippen molar-refractivity contribution in [1.29, 1.82) is 0 Å². The van der Waals surface area contributed by atoms with Crippen molar-refractivity contribution in [2.75, 3.05) is 0 Å². The second kappa shape index (κ2) is 16.4. The molecule has 1 heteroatoms. The number of aliphatic imine (C=N–C) groups is 1. The van der Waals surface area contributed by atoms with Gasteiger partial charge in [-0.1, -0.05) is 33.1 Å². The van der Waals surface area contributed by atoms with Crippen LogP contribution in [0.3, 0.4) is 0 Å². The quantitative estimate of drug-likeness (QED) is 0.485. The SMILES string of the molecule is C=CC=NC=C.CC. The Morgan fingerprint density at radius 1 is 1.25 bits per heavy atom. The van der Waals surface area contributed by atoms with E-state index in [1.807, 2.05) is 13.8 Å². The van der Waals surface area contributed by atoms with Gasteiger partial charge < -0.3 is 0 Å². The van der Waals surface area contributed by atoms with Crippen molar-refractivity contribution in [1.82, 2.24) is 0 Å². The summed E-state index contributed by atoms with van der Waals surface area (Å²) in [6, 6.07) is 0. The Labute approximate surface area is 51.5 Å². The molecule has 0 fully saturated rings. The first-order chi connectivity index (χ1) is 3.91. The van der Waals surface area contributed by atoms with E-state index in [-0.39, 0.29) is 0 Å². The Balaban J connectivity index is 0. The van der Waals surface area contributed by atoms with Gasteiger partial charge in [-0.15, -0.1) is 0 Å². The molecule has 0 N–H and O–H groups in total. The van der Waals surface area contributed by atoms with Gasteiger partial charge in [0.25, 0.3) is 0 Å². The minimum Gasteiger partial charge on any atom is -0.265 e. The van der Waals surface area contributed by atoms with E-state index in [2.05, 4.69) is 18.2 Å². The van der Waals surface area contributed by atoms with E-state index in [1.165, 1.54) is 6.20 Å². The lowest BCUT2D eigenvalue weighted by molar-refractivity contribution is 1.50. The highest BCUT2D eigenvalue weighted by atomic mass is 14.6. The molecule has 0 saturated carbocycles. The lowest BCUT2D eigenvalue weighted by atomic mass is 10.7. The Hall–Kier alpha value is -0.850. The molecule has 0 saturated heterocycles. The van der Waals surface area contributed by atoms with Crippen LogP contribution < -0.4 is 0 Å². The van der Waals surface area contributed by atoms with E-state index >= 15 is 0 Å². The van der Waals surface area contributed by atoms with Crippen LogP contribution >= 0.6 is 0 Å². The monoisotopic (exact) mass is 111 g/mol. The highest BCUT2D eigenvalue weighted by Crippen LogP contribution is 1.61. The molecule has 0 aromatic heterocycles. The van der Waals surface area contributed by atoms with E-state index in [0.717, 1.165) is 0 Å². The van der Waals surface area contributed by atoms with Crippen LogP contribution in [0.25, 0.3) is 0 Å². The predicted molar refractivity (Wildman–Crippen MR) is 40.2 cm³/mol. The Morgan fingerprint density at radius 3 is 1.88 bits per heavy atom. The van der Waals surface area contributed by atoms with Crippen LogP contribution in [-0.4, -0.2) is 6.21 Å². The van der Waals surface area contributed by atoms with Gasteiger partial charge in [0.1, 0.15) is 0 Å². The van der Waals surface area contributed by atoms with E-state index < -0.39 is 0 Å². The molecular weight excluding hydrogens is 98.1 g/mol. The van der Waals surface area contributed by atoms with E-state index in [4.69, 9.17) is 0 Å². The van der Waals surface area contributed by atoms with Crippen LogP contribution in [0.2, 0.25) is 0 Å². The van der Waals surface area contributed by atoms with Crippen LogP contribution in [0.1, 0.15) is 13.8 Å². The van der Waals surface area contributed by atoms with Crippen molar-refractivity contribution < 1.29 is 0 Å². The van der Waals surface area contributed by atoms with Crippen molar-refractivity contribution in [3.8, 4) is 0 Å². The highest BCUT2D eigenvalue weighted by molar-refractivity contribution is 5.70. The summed E-state index contributed by atoms with van der Waals surface area (Å²) in [4.78, 5) is 3.61. The topological polar surface area (TPSA) is 12.4 Å². The second-order valence-corrected chi connectivity index (χ2v) is 0.716. The Bertz CT molecular complexity index is 62.5. The summed E-state index contributed by atoms with van der Waals surface area (Å²) < 4.78 is 0. The molecule has 0 aliphatic heterocycles. The molecule has 0 spiro atoms. The fourth-order valence-electron chi connectivity index (χ4n) is 0.122. The summed E-state index contributed by atoms with van der Waals surface area (Å²) in [6.07, 6.45) is 4.64. The largest absolute Gasteiger partial charge is 0.265 e. The molecule has 0 radical (unpaired) electrons. The van der Waals surface area contributed by atoms with E-state index in [0.29, 0.717) is 0 Å². The fourth-order valence-corrected chi connectivity index (χ4v) is 0.122. The van der Waals surface area contributed by atoms with Crippen LogP contribution in [0.5, 0.6) is 0 Å². The molecule has 0 heterocycles. The first-order valence-electron chi connectivity index (χ1n) is 2.67. The Morgan fingerprint density at radius 2 is 1.75 bits per heavy atom. The molecule has 1 nitrogen and oxygen atoms in total. The van der Waals surface area contributed by atoms with Crippen LogP contribution in [0, 0.1) is 0 Å². The van der Waals surface area contributed by atoms with Gasteiger partial charge in [0, 0.05) is 12.4 Å². The van der Waals surface area contributed by atoms with Crippen molar-refractivity contribution >= 4 is 6.21 Å². The predicted octanol–water partition coefficient (Wildman–Crippen LogP) is 2.41. The third-order valence-electron chi connectivity index (χ3n) is 0.297. The number of rotatable bonds is 2. The average Bonchev–Trinajstić information content (AvgIpc) is 1.88. The summed E-state index contributed by atoms with van der Waals surface area (Å²) >= 11 is 0. The minimum absolute atomic E-state index is 1.46. The zero-order chi connectivity index (χ0) is 6.83. The Kier molecular flexibility index (Phi) is 21.0. The molecular formula is C7H13N. The second-order valence-electron chi connectivity index (χ2n) is 0.716. The van der Waals surface area contributed by atoms with Gasteiger partial charge in [-0.2, -0.15) is 0 Å². The van der Waals surface area contributed by atoms with Crippen molar-refractivity contribution in [3.05, 3.63) is 25.4 Å². The van der Waals surface area contributed by atoms with Crippen molar-refractivity contribution in [2.24, 2.45) is 4.99 Å². The molecule has 0 amide bonds. The van der Waals surface area contributed by atoms with Gasteiger partial charge in [0.2, 0.25) is 0 Å². The minimum atomic E-state index is 1.46. The molecule has 46 valence electrons. The number of allylic oxidation sites excluding steroid dienone is 1. The first-order valence-corrected chi connectivity index (χ1v) is 2.67. The van der Waals surface area contributed by atoms with Gasteiger partial charge in [-0.05, 0) is 0 Å². The summed E-state index contributed by atoms with van der Waals surface area (Å²) in [5.74, 6) is 0. The first kappa shape index (κ1) is 10.2. The summed E-state index contributed by atoms with van der Waals surface area (Å²) in [5, 5.41) is 0. The van der Waals surface area contributed by atoms with Gasteiger partial charge in [0.15, 0.2) is 0 Å². The molecule has 0 aromatic rings. The maximum atomic E-state index is 3.61. The highest BCUT2D eigenvalue weighted by Gasteiger charge is 1.47. The fraction of sp³-hybridized carbons (Fsp3) is 0.286. The average molecular weight is 111 g/mol. The smallest absolute Gasteiger partial charge is 0.0261 e. The maximum Gasteiger partial charge on any atom is 0.0261 e. The third kappa shape index (κ3) is 19.2. The zero-order valence-corrected chi connectivity index (χ0v) is 5.59. The van der Waals surface area contributed by atoms with Crippen molar-refractivity contribution in [2.45, 2.75) is 13.8 Å². The zero-order valence-electron chi connectivity index (χ0n) is 5.59. The van der Waals surface area contributed by atoms with Gasteiger partial charge in [-0.3, -0.25) is 4.99 Å². The number of hydrogen-bond acceptors (Lipinski definition) is 1. The summed E-state index contributed by atoms with van der Waals surface area (Å²) in [5.41, 5.74) is 0. The molecule has 0 aliphatic carbocycles. The lowest BCUT2D eigenvalue weighted by Crippen LogP contribution is -1.52. The normalized spacial score (nSPS) is 7.25. The molecule has 0 aliphatic rings. The third-order valence-corrected chi connectivity index (χ3v) is 0.297. The van der Waals surface area contributed by atoms with E-state index in [9.17, 15) is 0 Å². The van der Waals surface area contributed by atoms with Gasteiger partial charge >= 0.3 is 0 Å². The molecule has 0 bridgehead atoms. The molecule has 8 heavy (non-hydrogen) atoms. The number of hydrogen-bond donors (Lipinski definition) is 0.